The molecule has 1 N–H and O–H groups in total. The highest BCUT2D eigenvalue weighted by Crippen LogP contribution is 2.35. The fourth-order valence-corrected chi connectivity index (χ4v) is 3.91. The summed E-state index contributed by atoms with van der Waals surface area (Å²) < 4.78 is 2.19. The number of benzene rings is 1. The standard InChI is InChI=1S/C17H14BN5OS/c18-9-1-5-11(6-2-9)23-8-21-13-12-15(22-10-3-4-10)19-7-20-16(12)25-14(13)17(23)24/h1-2,5-8,10H,3-4,18H2,(H,19,20,22). The molecule has 0 amide bonds. The molecular weight excluding hydrogens is 333 g/mol. The average molecular weight is 347 g/mol. The lowest BCUT2D eigenvalue weighted by Gasteiger charge is -2.06. The van der Waals surface area contributed by atoms with Gasteiger partial charge in [0.25, 0.3) is 5.56 Å². The lowest BCUT2D eigenvalue weighted by molar-refractivity contribution is 0.968. The van der Waals surface area contributed by atoms with Crippen molar-refractivity contribution in [2.45, 2.75) is 18.9 Å². The van der Waals surface area contributed by atoms with Gasteiger partial charge < -0.3 is 5.32 Å². The molecule has 3 heterocycles. The van der Waals surface area contributed by atoms with Crippen molar-refractivity contribution in [3.8, 4) is 5.69 Å². The van der Waals surface area contributed by atoms with Crippen LogP contribution in [-0.2, 0) is 0 Å². The van der Waals surface area contributed by atoms with Crippen molar-refractivity contribution in [1.29, 1.82) is 0 Å². The van der Waals surface area contributed by atoms with Gasteiger partial charge in [0.2, 0.25) is 0 Å². The molecule has 0 radical (unpaired) electrons. The van der Waals surface area contributed by atoms with E-state index in [0.29, 0.717) is 16.3 Å². The molecule has 25 heavy (non-hydrogen) atoms. The molecule has 1 fully saturated rings. The largest absolute Gasteiger partial charge is 0.367 e. The first-order valence-electron chi connectivity index (χ1n) is 8.19. The summed E-state index contributed by atoms with van der Waals surface area (Å²) in [6.45, 7) is 0. The SMILES string of the molecule is Bc1ccc(-n2cnc3c(sc4ncnc(NC5CC5)c43)c2=O)cc1. The van der Waals surface area contributed by atoms with Crippen molar-refractivity contribution in [2.75, 3.05) is 5.32 Å². The second kappa shape index (κ2) is 5.39. The van der Waals surface area contributed by atoms with E-state index >= 15 is 0 Å². The van der Waals surface area contributed by atoms with Crippen LogP contribution in [0.3, 0.4) is 0 Å². The normalized spacial score (nSPS) is 14.2. The summed E-state index contributed by atoms with van der Waals surface area (Å²) in [6, 6.07) is 8.30. The Balaban J connectivity index is 1.74. The second-order valence-corrected chi connectivity index (χ2v) is 7.36. The highest BCUT2D eigenvalue weighted by atomic mass is 32.1. The third-order valence-electron chi connectivity index (χ3n) is 4.41. The van der Waals surface area contributed by atoms with E-state index < -0.39 is 0 Å². The third-order valence-corrected chi connectivity index (χ3v) is 5.48. The highest BCUT2D eigenvalue weighted by molar-refractivity contribution is 7.25. The van der Waals surface area contributed by atoms with Crippen LogP contribution in [0.1, 0.15) is 12.8 Å². The molecular formula is C17H14BN5OS. The Kier molecular flexibility index (Phi) is 3.14. The molecule has 1 aromatic carbocycles. The van der Waals surface area contributed by atoms with Crippen LogP contribution >= 0.6 is 11.3 Å². The van der Waals surface area contributed by atoms with Crippen LogP contribution < -0.4 is 16.3 Å². The summed E-state index contributed by atoms with van der Waals surface area (Å²) >= 11 is 1.37. The van der Waals surface area contributed by atoms with Crippen LogP contribution in [0.5, 0.6) is 0 Å². The molecule has 1 saturated carbocycles. The minimum absolute atomic E-state index is 0.0748. The second-order valence-electron chi connectivity index (χ2n) is 6.36. The van der Waals surface area contributed by atoms with Crippen molar-refractivity contribution in [1.82, 2.24) is 19.5 Å². The highest BCUT2D eigenvalue weighted by Gasteiger charge is 2.24. The Morgan fingerprint density at radius 2 is 1.96 bits per heavy atom. The van der Waals surface area contributed by atoms with Gasteiger partial charge in [-0.2, -0.15) is 0 Å². The number of thiophene rings is 1. The molecule has 5 rings (SSSR count). The predicted octanol–water partition coefficient (Wildman–Crippen LogP) is 1.22. The zero-order chi connectivity index (χ0) is 17.0. The summed E-state index contributed by atoms with van der Waals surface area (Å²) in [5.74, 6) is 0.777. The van der Waals surface area contributed by atoms with Crippen LogP contribution in [-0.4, -0.2) is 33.4 Å². The number of hydrogen-bond acceptors (Lipinski definition) is 6. The van der Waals surface area contributed by atoms with Gasteiger partial charge in [0.15, 0.2) is 0 Å². The average Bonchev–Trinajstić information content (AvgIpc) is 3.34. The maximum Gasteiger partial charge on any atom is 0.275 e. The summed E-state index contributed by atoms with van der Waals surface area (Å²) in [7, 11) is 2.02. The zero-order valence-electron chi connectivity index (χ0n) is 13.6. The molecule has 0 saturated heterocycles. The van der Waals surface area contributed by atoms with Crippen molar-refractivity contribution in [3.05, 3.63) is 47.3 Å². The van der Waals surface area contributed by atoms with Crippen molar-refractivity contribution in [3.63, 3.8) is 0 Å². The van der Waals surface area contributed by atoms with E-state index in [1.165, 1.54) is 11.3 Å². The van der Waals surface area contributed by atoms with Gasteiger partial charge in [-0.15, -0.1) is 11.3 Å². The van der Waals surface area contributed by atoms with Gasteiger partial charge in [0, 0.05) is 6.04 Å². The number of rotatable bonds is 3. The molecule has 0 bridgehead atoms. The molecule has 122 valence electrons. The minimum atomic E-state index is -0.0748. The maximum absolute atomic E-state index is 13.0. The molecule has 6 nitrogen and oxygen atoms in total. The van der Waals surface area contributed by atoms with E-state index in [4.69, 9.17) is 0 Å². The number of nitrogens with zero attached hydrogens (tertiary/aromatic N) is 4. The quantitative estimate of drug-likeness (QED) is 0.564. The molecule has 1 aliphatic carbocycles. The molecule has 4 aromatic rings. The lowest BCUT2D eigenvalue weighted by atomic mass is 9.96. The van der Waals surface area contributed by atoms with E-state index in [1.807, 2.05) is 32.1 Å². The molecule has 0 unspecified atom stereocenters. The van der Waals surface area contributed by atoms with Crippen LogP contribution in [0.2, 0.25) is 0 Å². The van der Waals surface area contributed by atoms with E-state index in [0.717, 1.165) is 40.0 Å². The van der Waals surface area contributed by atoms with Gasteiger partial charge in [0.05, 0.1) is 11.1 Å². The molecule has 1 aliphatic rings. The lowest BCUT2D eigenvalue weighted by Crippen LogP contribution is -2.18. The smallest absolute Gasteiger partial charge is 0.275 e. The fraction of sp³-hybridized carbons (Fsp3) is 0.176. The van der Waals surface area contributed by atoms with Crippen LogP contribution in [0.4, 0.5) is 5.82 Å². The van der Waals surface area contributed by atoms with E-state index in [2.05, 4.69) is 20.3 Å². The molecule has 0 atom stereocenters. The van der Waals surface area contributed by atoms with Gasteiger partial charge in [-0.1, -0.05) is 17.6 Å². The summed E-state index contributed by atoms with van der Waals surface area (Å²) in [6.07, 6.45) is 5.44. The summed E-state index contributed by atoms with van der Waals surface area (Å²) in [4.78, 5) is 27.1. The van der Waals surface area contributed by atoms with Gasteiger partial charge >= 0.3 is 0 Å². The Labute approximate surface area is 148 Å². The molecule has 8 heteroatoms. The molecule has 3 aromatic heterocycles. The van der Waals surface area contributed by atoms with Crippen molar-refractivity contribution < 1.29 is 0 Å². The Bertz CT molecular complexity index is 1160. The maximum atomic E-state index is 13.0. The Morgan fingerprint density at radius 1 is 1.16 bits per heavy atom. The van der Waals surface area contributed by atoms with Crippen molar-refractivity contribution >= 4 is 50.9 Å². The van der Waals surface area contributed by atoms with Crippen LogP contribution in [0.15, 0.2) is 41.7 Å². The van der Waals surface area contributed by atoms with Crippen LogP contribution in [0, 0.1) is 0 Å². The topological polar surface area (TPSA) is 72.7 Å². The number of nitrogens with one attached hydrogen (secondary N) is 1. The molecule has 0 aliphatic heterocycles. The van der Waals surface area contributed by atoms with Crippen LogP contribution in [0.25, 0.3) is 26.1 Å². The number of hydrogen-bond donors (Lipinski definition) is 1. The van der Waals surface area contributed by atoms with E-state index in [9.17, 15) is 4.79 Å². The van der Waals surface area contributed by atoms with E-state index in [-0.39, 0.29) is 5.56 Å². The fourth-order valence-electron chi connectivity index (χ4n) is 2.88. The number of aromatic nitrogens is 4. The predicted molar refractivity (Wildman–Crippen MR) is 103 cm³/mol. The first-order chi connectivity index (χ1) is 12.2. The van der Waals surface area contributed by atoms with Crippen molar-refractivity contribution in [2.24, 2.45) is 0 Å². The van der Waals surface area contributed by atoms with Gasteiger partial charge in [-0.05, 0) is 25.0 Å². The zero-order valence-corrected chi connectivity index (χ0v) is 14.4. The molecule has 0 spiro atoms. The van der Waals surface area contributed by atoms with Gasteiger partial charge in [-0.25, -0.2) is 15.0 Å². The summed E-state index contributed by atoms with van der Waals surface area (Å²) in [5, 5.41) is 4.27. The minimum Gasteiger partial charge on any atom is -0.367 e. The number of fused-ring (bicyclic) bond motifs is 3. The monoisotopic (exact) mass is 347 g/mol. The van der Waals surface area contributed by atoms with Gasteiger partial charge in [-0.3, -0.25) is 9.36 Å². The Morgan fingerprint density at radius 3 is 2.72 bits per heavy atom. The number of anilines is 1. The summed E-state index contributed by atoms with van der Waals surface area (Å²) in [5.41, 5.74) is 2.56. The Hall–Kier alpha value is -2.74. The first kappa shape index (κ1) is 14.6. The van der Waals surface area contributed by atoms with Gasteiger partial charge in [0.1, 0.15) is 41.4 Å². The third kappa shape index (κ3) is 2.41. The van der Waals surface area contributed by atoms with E-state index in [1.54, 1.807) is 17.2 Å². The first-order valence-corrected chi connectivity index (χ1v) is 9.01.